The van der Waals surface area contributed by atoms with E-state index in [0.29, 0.717) is 5.13 Å². The molecule has 3 rings (SSSR count). The number of hydrogen-bond donors (Lipinski definition) is 3. The Hall–Kier alpha value is -2.60. The topological polar surface area (TPSA) is 82.5 Å². The van der Waals surface area contributed by atoms with Gasteiger partial charge in [0.15, 0.2) is 16.6 Å². The summed E-state index contributed by atoms with van der Waals surface area (Å²) < 4.78 is 0.983. The lowest BCUT2D eigenvalue weighted by atomic mass is 10.2. The summed E-state index contributed by atoms with van der Waals surface area (Å²) in [5.74, 6) is -0.983. The summed E-state index contributed by atoms with van der Waals surface area (Å²) in [6, 6.07) is 11.5. The van der Waals surface area contributed by atoms with Gasteiger partial charge in [-0.1, -0.05) is 23.5 Å². The van der Waals surface area contributed by atoms with Crippen molar-refractivity contribution in [2.45, 2.75) is 0 Å². The molecule has 5 nitrogen and oxygen atoms in total. The molecule has 1 heterocycles. The number of thiazole rings is 1. The van der Waals surface area contributed by atoms with Crippen LogP contribution >= 0.6 is 11.3 Å². The van der Waals surface area contributed by atoms with E-state index < -0.39 is 0 Å². The molecule has 0 aliphatic carbocycles. The van der Waals surface area contributed by atoms with Crippen LogP contribution in [0.4, 0.5) is 5.13 Å². The van der Waals surface area contributed by atoms with E-state index >= 15 is 0 Å². The third-order valence-electron chi connectivity index (χ3n) is 2.75. The molecule has 0 fully saturated rings. The Morgan fingerprint density at radius 3 is 2.65 bits per heavy atom. The van der Waals surface area contributed by atoms with Crippen molar-refractivity contribution in [1.29, 1.82) is 0 Å². The van der Waals surface area contributed by atoms with Crippen molar-refractivity contribution in [2.75, 3.05) is 5.32 Å². The van der Waals surface area contributed by atoms with E-state index in [0.717, 1.165) is 10.2 Å². The summed E-state index contributed by atoms with van der Waals surface area (Å²) in [6.07, 6.45) is 0. The average molecular weight is 286 g/mol. The molecule has 6 heteroatoms. The first-order valence-corrected chi connectivity index (χ1v) is 6.64. The standard InChI is InChI=1S/C14H10N2O3S/c17-10-6-5-8(7-11(10)18)13(19)16-14-15-9-3-1-2-4-12(9)20-14/h1-7,17-18H,(H,15,16,19). The number of para-hydroxylation sites is 1. The summed E-state index contributed by atoms with van der Waals surface area (Å²) in [7, 11) is 0. The van der Waals surface area contributed by atoms with Gasteiger partial charge in [0, 0.05) is 5.56 Å². The van der Waals surface area contributed by atoms with Crippen LogP contribution in [0, 0.1) is 0 Å². The number of aromatic hydroxyl groups is 2. The molecule has 0 bridgehead atoms. The van der Waals surface area contributed by atoms with Crippen molar-refractivity contribution in [3.8, 4) is 11.5 Å². The van der Waals surface area contributed by atoms with Crippen molar-refractivity contribution >= 4 is 32.6 Å². The summed E-state index contributed by atoms with van der Waals surface area (Å²) in [6.45, 7) is 0. The zero-order valence-electron chi connectivity index (χ0n) is 10.2. The van der Waals surface area contributed by atoms with Crippen molar-refractivity contribution < 1.29 is 15.0 Å². The van der Waals surface area contributed by atoms with Crippen LogP contribution in [0.25, 0.3) is 10.2 Å². The van der Waals surface area contributed by atoms with Crippen LogP contribution in [0.2, 0.25) is 0 Å². The fraction of sp³-hybridized carbons (Fsp3) is 0. The molecule has 0 aliphatic rings. The van der Waals surface area contributed by atoms with Gasteiger partial charge < -0.3 is 10.2 Å². The van der Waals surface area contributed by atoms with Crippen LogP contribution in [0.15, 0.2) is 42.5 Å². The van der Waals surface area contributed by atoms with Gasteiger partial charge in [0.05, 0.1) is 10.2 Å². The molecule has 3 aromatic rings. The highest BCUT2D eigenvalue weighted by Crippen LogP contribution is 2.27. The molecule has 0 unspecified atom stereocenters. The number of rotatable bonds is 2. The highest BCUT2D eigenvalue weighted by atomic mass is 32.1. The first kappa shape index (κ1) is 12.4. The predicted molar refractivity (Wildman–Crippen MR) is 77.3 cm³/mol. The molecule has 1 amide bonds. The highest BCUT2D eigenvalue weighted by molar-refractivity contribution is 7.22. The lowest BCUT2D eigenvalue weighted by Crippen LogP contribution is -2.11. The normalized spacial score (nSPS) is 10.6. The zero-order chi connectivity index (χ0) is 14.1. The maximum absolute atomic E-state index is 12.0. The molecule has 0 saturated heterocycles. The van der Waals surface area contributed by atoms with Crippen molar-refractivity contribution in [2.24, 2.45) is 0 Å². The second kappa shape index (κ2) is 4.82. The van der Waals surface area contributed by atoms with E-state index in [4.69, 9.17) is 0 Å². The number of anilines is 1. The number of nitrogens with one attached hydrogen (secondary N) is 1. The largest absolute Gasteiger partial charge is 0.504 e. The quantitative estimate of drug-likeness (QED) is 0.632. The third kappa shape index (κ3) is 2.28. The lowest BCUT2D eigenvalue weighted by Gasteiger charge is -2.03. The van der Waals surface area contributed by atoms with Crippen LogP contribution in [0.3, 0.4) is 0 Å². The highest BCUT2D eigenvalue weighted by Gasteiger charge is 2.11. The molecule has 0 radical (unpaired) electrons. The van der Waals surface area contributed by atoms with Crippen LogP contribution in [0.1, 0.15) is 10.4 Å². The minimum atomic E-state index is -0.389. The molecule has 1 aromatic heterocycles. The minimum Gasteiger partial charge on any atom is -0.504 e. The van der Waals surface area contributed by atoms with E-state index in [1.54, 1.807) is 0 Å². The van der Waals surface area contributed by atoms with Gasteiger partial charge >= 0.3 is 0 Å². The SMILES string of the molecule is O=C(Nc1nc2ccccc2s1)c1ccc(O)c(O)c1. The van der Waals surface area contributed by atoms with Gasteiger partial charge in [-0.05, 0) is 30.3 Å². The van der Waals surface area contributed by atoms with Crippen molar-refractivity contribution in [3.63, 3.8) is 0 Å². The van der Waals surface area contributed by atoms with Crippen molar-refractivity contribution in [3.05, 3.63) is 48.0 Å². The molecule has 100 valence electrons. The summed E-state index contributed by atoms with van der Waals surface area (Å²) >= 11 is 1.37. The molecule has 0 spiro atoms. The zero-order valence-corrected chi connectivity index (χ0v) is 11.0. The van der Waals surface area contributed by atoms with E-state index in [-0.39, 0.29) is 23.0 Å². The van der Waals surface area contributed by atoms with E-state index in [2.05, 4.69) is 10.3 Å². The van der Waals surface area contributed by atoms with Crippen LogP contribution in [-0.4, -0.2) is 21.1 Å². The maximum atomic E-state index is 12.0. The molecule has 20 heavy (non-hydrogen) atoms. The van der Waals surface area contributed by atoms with Crippen LogP contribution in [0.5, 0.6) is 11.5 Å². The first-order chi connectivity index (χ1) is 9.63. The van der Waals surface area contributed by atoms with E-state index in [1.807, 2.05) is 24.3 Å². The van der Waals surface area contributed by atoms with Crippen molar-refractivity contribution in [1.82, 2.24) is 4.98 Å². The average Bonchev–Trinajstić information content (AvgIpc) is 2.83. The minimum absolute atomic E-state index is 0.250. The third-order valence-corrected chi connectivity index (χ3v) is 3.70. The Kier molecular flexibility index (Phi) is 3.00. The number of phenolic OH excluding ortho intramolecular Hbond substituents is 2. The number of amides is 1. The monoisotopic (exact) mass is 286 g/mol. The second-order valence-corrected chi connectivity index (χ2v) is 5.18. The van der Waals surface area contributed by atoms with Crippen LogP contribution < -0.4 is 5.32 Å². The fourth-order valence-corrected chi connectivity index (χ4v) is 2.62. The summed E-state index contributed by atoms with van der Waals surface area (Å²) in [5, 5.41) is 21.8. The van der Waals surface area contributed by atoms with Gasteiger partial charge in [0.1, 0.15) is 0 Å². The molecular formula is C14H10N2O3S. The number of aromatic nitrogens is 1. The summed E-state index contributed by atoms with van der Waals surface area (Å²) in [4.78, 5) is 16.3. The summed E-state index contributed by atoms with van der Waals surface area (Å²) in [5.41, 5.74) is 1.07. The molecule has 0 saturated carbocycles. The van der Waals surface area contributed by atoms with Gasteiger partial charge in [-0.25, -0.2) is 4.98 Å². The maximum Gasteiger partial charge on any atom is 0.257 e. The van der Waals surface area contributed by atoms with E-state index in [1.165, 1.54) is 29.5 Å². The number of carbonyl (C=O) groups excluding carboxylic acids is 1. The fourth-order valence-electron chi connectivity index (χ4n) is 1.76. The van der Waals surface area contributed by atoms with Crippen LogP contribution in [-0.2, 0) is 0 Å². The Labute approximate surface area is 118 Å². The van der Waals surface area contributed by atoms with E-state index in [9.17, 15) is 15.0 Å². The number of nitrogens with zero attached hydrogens (tertiary/aromatic N) is 1. The Balaban J connectivity index is 1.86. The Morgan fingerprint density at radius 1 is 1.10 bits per heavy atom. The molecule has 0 atom stereocenters. The van der Waals surface area contributed by atoms with Gasteiger partial charge in [-0.3, -0.25) is 10.1 Å². The van der Waals surface area contributed by atoms with Gasteiger partial charge in [-0.2, -0.15) is 0 Å². The predicted octanol–water partition coefficient (Wildman–Crippen LogP) is 2.96. The first-order valence-electron chi connectivity index (χ1n) is 5.82. The number of phenols is 2. The molecule has 0 aliphatic heterocycles. The number of fused-ring (bicyclic) bond motifs is 1. The van der Waals surface area contributed by atoms with Gasteiger partial charge in [0.2, 0.25) is 0 Å². The Bertz CT molecular complexity index is 765. The number of benzene rings is 2. The smallest absolute Gasteiger partial charge is 0.257 e. The lowest BCUT2D eigenvalue weighted by molar-refractivity contribution is 0.102. The molecule has 2 aromatic carbocycles. The second-order valence-electron chi connectivity index (χ2n) is 4.14. The molecular weight excluding hydrogens is 276 g/mol. The Morgan fingerprint density at radius 2 is 1.90 bits per heavy atom. The van der Waals surface area contributed by atoms with Gasteiger partial charge in [0.25, 0.3) is 5.91 Å². The van der Waals surface area contributed by atoms with Gasteiger partial charge in [-0.15, -0.1) is 0 Å². The number of hydrogen-bond acceptors (Lipinski definition) is 5. The number of carbonyl (C=O) groups is 1. The molecule has 3 N–H and O–H groups in total.